The number of esters is 1. The molecule has 4 N–H and O–H groups in total. The van der Waals surface area contributed by atoms with Crippen molar-refractivity contribution in [1.29, 1.82) is 0 Å². The Hall–Kier alpha value is -2.80. The first-order valence-corrected chi connectivity index (χ1v) is 11.8. The highest BCUT2D eigenvalue weighted by molar-refractivity contribution is 7.52. The van der Waals surface area contributed by atoms with Crippen LogP contribution in [0.5, 0.6) is 5.75 Å². The number of aliphatic hydroxyl groups excluding tert-OH is 2. The van der Waals surface area contributed by atoms with Crippen LogP contribution in [0, 0.1) is 0 Å². The second kappa shape index (κ2) is 10.6. The number of ether oxygens (including phenoxy) is 2. The molecule has 2 heterocycles. The lowest BCUT2D eigenvalue weighted by Crippen LogP contribution is -2.41. The van der Waals surface area contributed by atoms with Crippen molar-refractivity contribution in [3.63, 3.8) is 0 Å². The summed E-state index contributed by atoms with van der Waals surface area (Å²) < 4.78 is 35.9. The molecule has 1 aliphatic rings. The van der Waals surface area contributed by atoms with Crippen LogP contribution in [0.4, 0.5) is 0 Å². The lowest BCUT2D eigenvalue weighted by atomic mass is 10.1. The van der Waals surface area contributed by atoms with Gasteiger partial charge in [0.1, 0.15) is 30.1 Å². The number of hydrogen-bond acceptors (Lipinski definition) is 10. The zero-order chi connectivity index (χ0) is 25.0. The molecule has 13 nitrogen and oxygen atoms in total. The molecule has 0 bridgehead atoms. The summed E-state index contributed by atoms with van der Waals surface area (Å²) in [6, 6.07) is 8.01. The predicted octanol–water partition coefficient (Wildman–Crippen LogP) is -0.101. The van der Waals surface area contributed by atoms with E-state index in [1.807, 2.05) is 4.98 Å². The molecule has 0 aliphatic carbocycles. The third kappa shape index (κ3) is 5.81. The molecule has 0 spiro atoms. The molecule has 0 radical (unpaired) electrons. The minimum absolute atomic E-state index is 0.174. The quantitative estimate of drug-likeness (QED) is 0.267. The van der Waals surface area contributed by atoms with Gasteiger partial charge in [-0.25, -0.2) is 9.36 Å². The Balaban J connectivity index is 1.82. The van der Waals surface area contributed by atoms with Crippen LogP contribution in [0.1, 0.15) is 20.1 Å². The largest absolute Gasteiger partial charge is 0.468 e. The first-order valence-electron chi connectivity index (χ1n) is 10.3. The molecule has 5 unspecified atom stereocenters. The smallest absolute Gasteiger partial charge is 0.459 e. The van der Waals surface area contributed by atoms with Gasteiger partial charge in [-0.15, -0.1) is 0 Å². The first-order chi connectivity index (χ1) is 16.0. The maximum absolute atomic E-state index is 13.6. The minimum Gasteiger partial charge on any atom is -0.468 e. The minimum atomic E-state index is -4.27. The Morgan fingerprint density at radius 3 is 2.47 bits per heavy atom. The molecular formula is C20H26N3O10P. The van der Waals surface area contributed by atoms with Crippen LogP contribution < -0.4 is 20.9 Å². The maximum atomic E-state index is 13.6. The highest BCUT2D eigenvalue weighted by atomic mass is 31.2. The van der Waals surface area contributed by atoms with Crippen LogP contribution in [0.15, 0.2) is 52.2 Å². The van der Waals surface area contributed by atoms with Gasteiger partial charge in [0.25, 0.3) is 5.56 Å². The van der Waals surface area contributed by atoms with E-state index in [0.717, 1.165) is 23.9 Å². The van der Waals surface area contributed by atoms with E-state index in [1.54, 1.807) is 18.2 Å². The predicted molar refractivity (Wildman–Crippen MR) is 117 cm³/mol. The summed E-state index contributed by atoms with van der Waals surface area (Å²) in [6.45, 7) is 2.80. The second-order valence-corrected chi connectivity index (χ2v) is 9.22. The number of para-hydroxylation sites is 1. The number of nitrogens with one attached hydrogen (secondary N) is 2. The fourth-order valence-electron chi connectivity index (χ4n) is 3.38. The van der Waals surface area contributed by atoms with Crippen LogP contribution in [0.25, 0.3) is 0 Å². The zero-order valence-electron chi connectivity index (χ0n) is 18.6. The van der Waals surface area contributed by atoms with Crippen molar-refractivity contribution in [2.24, 2.45) is 0 Å². The van der Waals surface area contributed by atoms with Gasteiger partial charge in [0.2, 0.25) is 0 Å². The average molecular weight is 499 g/mol. The SMILES string of the molecule is COC(=O)C(C)NP(=O)(Oc1ccccc1)OC(C)[C@H]1O[C@@H](n2ccc(=O)[nH]c2=O)C(O)C1O. The van der Waals surface area contributed by atoms with Gasteiger partial charge in [0, 0.05) is 12.3 Å². The van der Waals surface area contributed by atoms with Crippen LogP contribution in [0.3, 0.4) is 0 Å². The molecule has 1 aliphatic heterocycles. The molecule has 1 aromatic heterocycles. The van der Waals surface area contributed by atoms with Crippen LogP contribution >= 0.6 is 7.75 Å². The number of carbonyl (C=O) groups excluding carboxylic acids is 1. The fourth-order valence-corrected chi connectivity index (χ4v) is 5.07. The van der Waals surface area contributed by atoms with E-state index < -0.39 is 61.7 Å². The molecule has 1 saturated heterocycles. The van der Waals surface area contributed by atoms with Gasteiger partial charge in [-0.1, -0.05) is 18.2 Å². The van der Waals surface area contributed by atoms with Gasteiger partial charge in [-0.05, 0) is 26.0 Å². The molecule has 34 heavy (non-hydrogen) atoms. The monoisotopic (exact) mass is 499 g/mol. The van der Waals surface area contributed by atoms with Gasteiger partial charge in [0.15, 0.2) is 6.23 Å². The Morgan fingerprint density at radius 2 is 1.85 bits per heavy atom. The van der Waals surface area contributed by atoms with Crippen molar-refractivity contribution in [2.75, 3.05) is 7.11 Å². The fraction of sp³-hybridized carbons (Fsp3) is 0.450. The second-order valence-electron chi connectivity index (χ2n) is 7.58. The third-order valence-corrected chi connectivity index (χ3v) is 6.81. The van der Waals surface area contributed by atoms with Crippen molar-refractivity contribution in [3.05, 3.63) is 63.4 Å². The Bertz CT molecular complexity index is 1150. The standard InChI is InChI=1S/C20H26N3O10P/c1-11(19(27)30-3)22-34(29,33-13-7-5-4-6-8-13)32-12(2)17-15(25)16(26)18(31-17)23-10-9-14(24)21-20(23)28/h4-12,15-18,25-26H,1-3H3,(H,22,29)(H,21,24,28)/t11?,12?,15?,16?,17-,18-,34?/m1/s1. The number of H-pyrrole nitrogens is 1. The first kappa shape index (κ1) is 25.8. The number of methoxy groups -OCH3 is 1. The normalized spacial score (nSPS) is 25.8. The third-order valence-electron chi connectivity index (χ3n) is 5.04. The molecule has 1 fully saturated rings. The molecule has 14 heteroatoms. The molecular weight excluding hydrogens is 473 g/mol. The number of hydrogen-bond donors (Lipinski definition) is 4. The number of aromatic amines is 1. The van der Waals surface area contributed by atoms with Gasteiger partial charge in [-0.2, -0.15) is 5.09 Å². The van der Waals surface area contributed by atoms with Crippen molar-refractivity contribution in [2.45, 2.75) is 50.5 Å². The Labute approximate surface area is 193 Å². The van der Waals surface area contributed by atoms with Crippen molar-refractivity contribution in [3.8, 4) is 5.75 Å². The lowest BCUT2D eigenvalue weighted by Gasteiger charge is -2.28. The summed E-state index contributed by atoms with van der Waals surface area (Å²) >= 11 is 0. The number of nitrogens with zero attached hydrogens (tertiary/aromatic N) is 1. The molecule has 0 amide bonds. The van der Waals surface area contributed by atoms with Gasteiger partial charge < -0.3 is 24.2 Å². The number of carbonyl (C=O) groups is 1. The highest BCUT2D eigenvalue weighted by Gasteiger charge is 2.49. The van der Waals surface area contributed by atoms with E-state index in [2.05, 4.69) is 9.82 Å². The average Bonchev–Trinajstić information content (AvgIpc) is 3.08. The molecule has 0 saturated carbocycles. The maximum Gasteiger partial charge on any atom is 0.459 e. The summed E-state index contributed by atoms with van der Waals surface area (Å²) in [5.41, 5.74) is -1.50. The number of aliphatic hydroxyl groups is 2. The number of benzene rings is 1. The summed E-state index contributed by atoms with van der Waals surface area (Å²) in [5, 5.41) is 23.5. The van der Waals surface area contributed by atoms with Crippen molar-refractivity contribution >= 4 is 13.7 Å². The van der Waals surface area contributed by atoms with E-state index in [4.69, 9.17) is 13.8 Å². The van der Waals surface area contributed by atoms with Crippen LogP contribution in [-0.2, 0) is 23.4 Å². The van der Waals surface area contributed by atoms with Gasteiger partial charge >= 0.3 is 19.4 Å². The van der Waals surface area contributed by atoms with Crippen LogP contribution in [0.2, 0.25) is 0 Å². The van der Waals surface area contributed by atoms with Gasteiger partial charge in [-0.3, -0.25) is 23.7 Å². The van der Waals surface area contributed by atoms with E-state index in [1.165, 1.54) is 26.0 Å². The van der Waals surface area contributed by atoms with E-state index in [9.17, 15) is 29.2 Å². The molecule has 2 aromatic rings. The summed E-state index contributed by atoms with van der Waals surface area (Å²) in [4.78, 5) is 37.3. The van der Waals surface area contributed by atoms with E-state index in [-0.39, 0.29) is 5.75 Å². The Kier molecular flexibility index (Phi) is 8.08. The molecule has 7 atom stereocenters. The summed E-state index contributed by atoms with van der Waals surface area (Å²) in [6.07, 6.45) is -5.80. The molecule has 186 valence electrons. The van der Waals surface area contributed by atoms with E-state index in [0.29, 0.717) is 0 Å². The lowest BCUT2D eigenvalue weighted by molar-refractivity contribution is -0.142. The zero-order valence-corrected chi connectivity index (χ0v) is 19.5. The van der Waals surface area contributed by atoms with Crippen LogP contribution in [-0.4, -0.2) is 63.3 Å². The van der Waals surface area contributed by atoms with Crippen molar-refractivity contribution < 1.29 is 38.1 Å². The van der Waals surface area contributed by atoms with E-state index >= 15 is 0 Å². The highest BCUT2D eigenvalue weighted by Crippen LogP contribution is 2.47. The Morgan fingerprint density at radius 1 is 1.18 bits per heavy atom. The molecule has 1 aromatic carbocycles. The molecule has 3 rings (SSSR count). The topological polar surface area (TPSA) is 178 Å². The number of rotatable bonds is 9. The summed E-state index contributed by atoms with van der Waals surface area (Å²) in [7, 11) is -3.10. The van der Waals surface area contributed by atoms with Crippen molar-refractivity contribution in [1.82, 2.24) is 14.6 Å². The summed E-state index contributed by atoms with van der Waals surface area (Å²) in [5.74, 6) is -0.550. The number of aromatic nitrogens is 2. The van der Waals surface area contributed by atoms with Gasteiger partial charge in [0.05, 0.1) is 13.2 Å².